The minimum atomic E-state index is -0.768. The summed E-state index contributed by atoms with van der Waals surface area (Å²) < 4.78 is 6.05. The second-order valence-corrected chi connectivity index (χ2v) is 7.59. The number of fused-ring (bicyclic) bond motifs is 2. The monoisotopic (exact) mass is 366 g/mol. The third-order valence-electron chi connectivity index (χ3n) is 5.24. The van der Waals surface area contributed by atoms with E-state index in [9.17, 15) is 9.90 Å². The average Bonchev–Trinajstić information content (AvgIpc) is 2.60. The normalized spacial score (nSPS) is 20.1. The molecule has 1 atom stereocenters. The lowest BCUT2D eigenvalue weighted by atomic mass is 9.79. The second kappa shape index (κ2) is 6.33. The Bertz CT molecular complexity index is 952. The van der Waals surface area contributed by atoms with E-state index in [2.05, 4.69) is 22.1 Å². The minimum absolute atomic E-state index is 0.0279. The number of hydrogen-bond acceptors (Lipinski definition) is 6. The molecule has 0 saturated heterocycles. The molecule has 0 fully saturated rings. The molecule has 3 N–H and O–H groups in total. The number of aromatic nitrogens is 2. The van der Waals surface area contributed by atoms with Crippen molar-refractivity contribution in [2.75, 3.05) is 5.73 Å². The van der Waals surface area contributed by atoms with Crippen LogP contribution >= 0.6 is 0 Å². The van der Waals surface area contributed by atoms with Crippen LogP contribution < -0.4 is 10.5 Å². The maximum absolute atomic E-state index is 11.3. The fourth-order valence-electron chi connectivity index (χ4n) is 3.97. The summed E-state index contributed by atoms with van der Waals surface area (Å²) in [6, 6.07) is 6.17. The molecule has 1 aliphatic heterocycles. The quantitative estimate of drug-likeness (QED) is 0.863. The van der Waals surface area contributed by atoms with Crippen molar-refractivity contribution in [3.8, 4) is 5.88 Å². The number of aliphatic imine (C=N–C) groups is 1. The molecule has 0 saturated carbocycles. The van der Waals surface area contributed by atoms with Gasteiger partial charge in [-0.25, -0.2) is 9.98 Å². The first-order chi connectivity index (χ1) is 12.8. The van der Waals surface area contributed by atoms with Crippen LogP contribution in [0.4, 0.5) is 11.5 Å². The van der Waals surface area contributed by atoms with E-state index in [1.165, 1.54) is 11.9 Å². The third-order valence-corrected chi connectivity index (χ3v) is 5.24. The Labute approximate surface area is 157 Å². The number of rotatable bonds is 3. The Morgan fingerprint density at radius 2 is 2.19 bits per heavy atom. The molecule has 0 amide bonds. The summed E-state index contributed by atoms with van der Waals surface area (Å²) in [5, 5.41) is 9.26. The summed E-state index contributed by atoms with van der Waals surface area (Å²) in [6.45, 7) is 3.86. The number of aliphatic carboxylic acids is 1. The summed E-state index contributed by atoms with van der Waals surface area (Å²) in [4.78, 5) is 24.1. The van der Waals surface area contributed by atoms with Gasteiger partial charge in [0.2, 0.25) is 5.88 Å². The molecular formula is C20H22N4O3. The molecule has 4 rings (SSSR count). The minimum Gasteiger partial charge on any atom is -0.481 e. The Hall–Kier alpha value is -2.96. The SMILES string of the molecule is CC1(C)Oc2ncnc(N)c2N=C1c1ccc2c(c1)C(CC(=O)O)CCC2. The van der Waals surface area contributed by atoms with Gasteiger partial charge in [-0.05, 0) is 56.2 Å². The number of benzene rings is 1. The third kappa shape index (κ3) is 3.13. The van der Waals surface area contributed by atoms with Crippen LogP contribution in [0.25, 0.3) is 0 Å². The molecule has 0 radical (unpaired) electrons. The standard InChI is InChI=1S/C20H22N4O3/c1-20(2)17(24-16-18(21)22-10-23-19(16)27-20)13-7-6-11-4-3-5-12(9-15(25)26)14(11)8-13/h6-8,10,12H,3-5,9H2,1-2H3,(H,25,26)(H2,21,22,23). The van der Waals surface area contributed by atoms with Crippen molar-refractivity contribution in [3.63, 3.8) is 0 Å². The number of aryl methyl sites for hydroxylation is 1. The molecule has 1 aromatic carbocycles. The van der Waals surface area contributed by atoms with Gasteiger partial charge in [0.05, 0.1) is 12.1 Å². The van der Waals surface area contributed by atoms with Crippen LogP contribution in [-0.4, -0.2) is 32.4 Å². The lowest BCUT2D eigenvalue weighted by molar-refractivity contribution is -0.137. The van der Waals surface area contributed by atoms with E-state index >= 15 is 0 Å². The van der Waals surface area contributed by atoms with Crippen molar-refractivity contribution >= 4 is 23.2 Å². The first-order valence-electron chi connectivity index (χ1n) is 9.09. The topological polar surface area (TPSA) is 111 Å². The fraction of sp³-hybridized carbons (Fsp3) is 0.400. The number of nitrogen functional groups attached to an aromatic ring is 1. The molecule has 2 aliphatic rings. The van der Waals surface area contributed by atoms with Gasteiger partial charge < -0.3 is 15.6 Å². The van der Waals surface area contributed by atoms with Crippen LogP contribution in [0.2, 0.25) is 0 Å². The highest BCUT2D eigenvalue weighted by atomic mass is 16.5. The fourth-order valence-corrected chi connectivity index (χ4v) is 3.97. The van der Waals surface area contributed by atoms with E-state index in [0.29, 0.717) is 11.6 Å². The van der Waals surface area contributed by atoms with Crippen molar-refractivity contribution in [2.24, 2.45) is 4.99 Å². The van der Waals surface area contributed by atoms with Crippen LogP contribution in [0.15, 0.2) is 29.5 Å². The summed E-state index contributed by atoms with van der Waals surface area (Å²) in [5.41, 5.74) is 9.66. The van der Waals surface area contributed by atoms with Crippen LogP contribution in [0.5, 0.6) is 5.88 Å². The van der Waals surface area contributed by atoms with E-state index in [-0.39, 0.29) is 18.2 Å². The predicted molar refractivity (Wildman–Crippen MR) is 102 cm³/mol. The lowest BCUT2D eigenvalue weighted by Crippen LogP contribution is -2.41. The van der Waals surface area contributed by atoms with Gasteiger partial charge in [0, 0.05) is 5.56 Å². The zero-order chi connectivity index (χ0) is 19.2. The van der Waals surface area contributed by atoms with Gasteiger partial charge >= 0.3 is 5.97 Å². The molecule has 2 aromatic rings. The molecule has 7 heteroatoms. The summed E-state index contributed by atoms with van der Waals surface area (Å²) >= 11 is 0. The van der Waals surface area contributed by atoms with Crippen LogP contribution in [0.1, 0.15) is 55.7 Å². The van der Waals surface area contributed by atoms with E-state index in [4.69, 9.17) is 15.5 Å². The molecular weight excluding hydrogens is 344 g/mol. The molecule has 0 spiro atoms. The summed E-state index contributed by atoms with van der Waals surface area (Å²) in [7, 11) is 0. The summed E-state index contributed by atoms with van der Waals surface area (Å²) in [5.74, 6) is -0.0939. The van der Waals surface area contributed by atoms with E-state index in [1.54, 1.807) is 0 Å². The number of carbonyl (C=O) groups is 1. The van der Waals surface area contributed by atoms with Gasteiger partial charge in [-0.3, -0.25) is 4.79 Å². The van der Waals surface area contributed by atoms with E-state index < -0.39 is 11.6 Å². The van der Waals surface area contributed by atoms with Crippen molar-refractivity contribution < 1.29 is 14.6 Å². The molecule has 1 unspecified atom stereocenters. The number of nitrogens with zero attached hydrogens (tertiary/aromatic N) is 3. The first kappa shape index (κ1) is 17.5. The Kier molecular flexibility index (Phi) is 4.09. The summed E-state index contributed by atoms with van der Waals surface area (Å²) in [6.07, 6.45) is 4.38. The maximum Gasteiger partial charge on any atom is 0.303 e. The number of hydrogen-bond donors (Lipinski definition) is 2. The van der Waals surface area contributed by atoms with Crippen molar-refractivity contribution in [3.05, 3.63) is 41.2 Å². The van der Waals surface area contributed by atoms with Gasteiger partial charge in [-0.1, -0.05) is 12.1 Å². The molecule has 140 valence electrons. The zero-order valence-electron chi connectivity index (χ0n) is 15.4. The molecule has 1 aromatic heterocycles. The zero-order valence-corrected chi connectivity index (χ0v) is 15.4. The largest absolute Gasteiger partial charge is 0.481 e. The molecule has 7 nitrogen and oxygen atoms in total. The van der Waals surface area contributed by atoms with E-state index in [0.717, 1.165) is 36.1 Å². The number of carboxylic acids is 1. The Balaban J connectivity index is 1.81. The number of ether oxygens (including phenoxy) is 1. The first-order valence-corrected chi connectivity index (χ1v) is 9.09. The number of carboxylic acid groups (broad SMARTS) is 1. The molecule has 1 aliphatic carbocycles. The van der Waals surface area contributed by atoms with Crippen molar-refractivity contribution in [1.82, 2.24) is 9.97 Å². The number of anilines is 1. The highest BCUT2D eigenvalue weighted by molar-refractivity contribution is 6.09. The van der Waals surface area contributed by atoms with Gasteiger partial charge in [0.25, 0.3) is 0 Å². The second-order valence-electron chi connectivity index (χ2n) is 7.59. The van der Waals surface area contributed by atoms with Gasteiger partial charge in [0.15, 0.2) is 11.5 Å². The predicted octanol–water partition coefficient (Wildman–Crippen LogP) is 3.25. The van der Waals surface area contributed by atoms with Crippen LogP contribution in [0, 0.1) is 0 Å². The van der Waals surface area contributed by atoms with Gasteiger partial charge in [-0.2, -0.15) is 4.98 Å². The van der Waals surface area contributed by atoms with Crippen molar-refractivity contribution in [2.45, 2.75) is 51.0 Å². The van der Waals surface area contributed by atoms with Crippen molar-refractivity contribution in [1.29, 1.82) is 0 Å². The van der Waals surface area contributed by atoms with Gasteiger partial charge in [0.1, 0.15) is 11.9 Å². The molecule has 2 heterocycles. The lowest BCUT2D eigenvalue weighted by Gasteiger charge is -2.33. The van der Waals surface area contributed by atoms with E-state index in [1.807, 2.05) is 19.9 Å². The number of nitrogens with two attached hydrogens (primary N) is 1. The Morgan fingerprint density at radius 1 is 1.37 bits per heavy atom. The molecule has 0 bridgehead atoms. The highest BCUT2D eigenvalue weighted by Crippen LogP contribution is 2.40. The average molecular weight is 366 g/mol. The smallest absolute Gasteiger partial charge is 0.303 e. The van der Waals surface area contributed by atoms with Crippen LogP contribution in [-0.2, 0) is 11.2 Å². The maximum atomic E-state index is 11.3. The highest BCUT2D eigenvalue weighted by Gasteiger charge is 2.36. The molecule has 27 heavy (non-hydrogen) atoms. The van der Waals surface area contributed by atoms with Crippen LogP contribution in [0.3, 0.4) is 0 Å². The Morgan fingerprint density at radius 3 is 2.96 bits per heavy atom. The van der Waals surface area contributed by atoms with Gasteiger partial charge in [-0.15, -0.1) is 0 Å².